The predicted octanol–water partition coefficient (Wildman–Crippen LogP) is 2.25. The second kappa shape index (κ2) is 4.51. The number of carbonyl (C=O) groups excluding carboxylic acids is 1. The zero-order valence-corrected chi connectivity index (χ0v) is 9.71. The molecular formula is C12H16FNO2. The average Bonchev–Trinajstić information content (AvgIpc) is 2.22. The first-order chi connectivity index (χ1) is 7.39. The molecule has 0 bridgehead atoms. The SMILES string of the molecule is CCOC(=O)C(C)(C)c1ccc(N)c(F)c1. The standard InChI is InChI=1S/C12H16FNO2/c1-4-16-11(15)12(2,3)8-5-6-10(14)9(13)7-8/h5-7H,4,14H2,1-3H3. The maximum Gasteiger partial charge on any atom is 0.315 e. The number of halogens is 1. The van der Waals surface area contributed by atoms with E-state index < -0.39 is 11.2 Å². The average molecular weight is 225 g/mol. The summed E-state index contributed by atoms with van der Waals surface area (Å²) in [6.07, 6.45) is 0. The molecule has 0 saturated carbocycles. The van der Waals surface area contributed by atoms with Crippen LogP contribution >= 0.6 is 0 Å². The largest absolute Gasteiger partial charge is 0.465 e. The summed E-state index contributed by atoms with van der Waals surface area (Å²) in [4.78, 5) is 11.7. The van der Waals surface area contributed by atoms with Crippen LogP contribution in [0, 0.1) is 5.82 Å². The van der Waals surface area contributed by atoms with Gasteiger partial charge in [0.05, 0.1) is 17.7 Å². The van der Waals surface area contributed by atoms with Gasteiger partial charge in [0.1, 0.15) is 5.82 Å². The van der Waals surface area contributed by atoms with Crippen LogP contribution in [0.15, 0.2) is 18.2 Å². The van der Waals surface area contributed by atoms with Gasteiger partial charge >= 0.3 is 5.97 Å². The number of benzene rings is 1. The first-order valence-electron chi connectivity index (χ1n) is 5.12. The Morgan fingerprint density at radius 3 is 2.62 bits per heavy atom. The normalized spacial score (nSPS) is 11.2. The molecule has 0 aromatic heterocycles. The molecule has 1 aromatic carbocycles. The molecule has 0 amide bonds. The lowest BCUT2D eigenvalue weighted by atomic mass is 9.84. The van der Waals surface area contributed by atoms with E-state index in [2.05, 4.69) is 0 Å². The number of carbonyl (C=O) groups is 1. The maximum absolute atomic E-state index is 13.3. The molecule has 0 aliphatic carbocycles. The quantitative estimate of drug-likeness (QED) is 0.634. The van der Waals surface area contributed by atoms with Gasteiger partial charge < -0.3 is 10.5 Å². The Labute approximate surface area is 94.4 Å². The van der Waals surface area contributed by atoms with E-state index in [1.807, 2.05) is 0 Å². The molecule has 0 saturated heterocycles. The molecule has 0 aliphatic rings. The number of ether oxygens (including phenoxy) is 1. The van der Waals surface area contributed by atoms with Crippen molar-refractivity contribution >= 4 is 11.7 Å². The van der Waals surface area contributed by atoms with Crippen molar-refractivity contribution in [1.82, 2.24) is 0 Å². The third-order valence-electron chi connectivity index (χ3n) is 2.51. The van der Waals surface area contributed by atoms with Crippen molar-refractivity contribution in [2.75, 3.05) is 12.3 Å². The van der Waals surface area contributed by atoms with Crippen LogP contribution in [0.4, 0.5) is 10.1 Å². The van der Waals surface area contributed by atoms with Crippen LogP contribution < -0.4 is 5.73 Å². The van der Waals surface area contributed by atoms with Gasteiger partial charge in [0.15, 0.2) is 0 Å². The third kappa shape index (κ3) is 2.32. The molecule has 1 rings (SSSR count). The van der Waals surface area contributed by atoms with Crippen molar-refractivity contribution in [1.29, 1.82) is 0 Å². The van der Waals surface area contributed by atoms with Crippen LogP contribution in [0.5, 0.6) is 0 Å². The van der Waals surface area contributed by atoms with Crippen LogP contribution in [-0.4, -0.2) is 12.6 Å². The highest BCUT2D eigenvalue weighted by molar-refractivity contribution is 5.82. The zero-order valence-electron chi connectivity index (χ0n) is 9.71. The van der Waals surface area contributed by atoms with Gasteiger partial charge in [0.2, 0.25) is 0 Å². The van der Waals surface area contributed by atoms with Crippen molar-refractivity contribution in [3.63, 3.8) is 0 Å². The number of esters is 1. The summed E-state index contributed by atoms with van der Waals surface area (Å²) >= 11 is 0. The van der Waals surface area contributed by atoms with Gasteiger partial charge in [-0.1, -0.05) is 6.07 Å². The lowest BCUT2D eigenvalue weighted by Gasteiger charge is -2.23. The summed E-state index contributed by atoms with van der Waals surface area (Å²) in [7, 11) is 0. The summed E-state index contributed by atoms with van der Waals surface area (Å²) in [5, 5.41) is 0. The summed E-state index contributed by atoms with van der Waals surface area (Å²) < 4.78 is 18.2. The van der Waals surface area contributed by atoms with Crippen molar-refractivity contribution in [2.24, 2.45) is 0 Å². The Morgan fingerprint density at radius 1 is 1.50 bits per heavy atom. The van der Waals surface area contributed by atoms with Gasteiger partial charge in [-0.05, 0) is 38.5 Å². The minimum Gasteiger partial charge on any atom is -0.465 e. The predicted molar refractivity (Wildman–Crippen MR) is 60.5 cm³/mol. The first kappa shape index (κ1) is 12.5. The molecule has 0 atom stereocenters. The van der Waals surface area contributed by atoms with Gasteiger partial charge in [0, 0.05) is 0 Å². The van der Waals surface area contributed by atoms with E-state index >= 15 is 0 Å². The number of nitrogens with two attached hydrogens (primary N) is 1. The van der Waals surface area contributed by atoms with Crippen molar-refractivity contribution in [3.05, 3.63) is 29.6 Å². The van der Waals surface area contributed by atoms with E-state index in [1.165, 1.54) is 12.1 Å². The lowest BCUT2D eigenvalue weighted by Crippen LogP contribution is -2.31. The topological polar surface area (TPSA) is 52.3 Å². The van der Waals surface area contributed by atoms with E-state index in [4.69, 9.17) is 10.5 Å². The summed E-state index contributed by atoms with van der Waals surface area (Å²) in [6, 6.07) is 4.35. The molecule has 0 heterocycles. The highest BCUT2D eigenvalue weighted by atomic mass is 19.1. The number of nitrogen functional groups attached to an aromatic ring is 1. The van der Waals surface area contributed by atoms with E-state index in [0.29, 0.717) is 12.2 Å². The fraction of sp³-hybridized carbons (Fsp3) is 0.417. The molecule has 88 valence electrons. The molecule has 2 N–H and O–H groups in total. The van der Waals surface area contributed by atoms with Crippen LogP contribution in [0.2, 0.25) is 0 Å². The maximum atomic E-state index is 13.3. The Morgan fingerprint density at radius 2 is 2.12 bits per heavy atom. The summed E-state index contributed by atoms with van der Waals surface area (Å²) in [6.45, 7) is 5.42. The second-order valence-electron chi connectivity index (χ2n) is 4.08. The summed E-state index contributed by atoms with van der Waals surface area (Å²) in [5.41, 5.74) is 5.13. The summed E-state index contributed by atoms with van der Waals surface area (Å²) in [5.74, 6) is -0.894. The highest BCUT2D eigenvalue weighted by Gasteiger charge is 2.31. The third-order valence-corrected chi connectivity index (χ3v) is 2.51. The van der Waals surface area contributed by atoms with Crippen molar-refractivity contribution in [2.45, 2.75) is 26.2 Å². The molecule has 16 heavy (non-hydrogen) atoms. The molecule has 0 radical (unpaired) electrons. The smallest absolute Gasteiger partial charge is 0.315 e. The lowest BCUT2D eigenvalue weighted by molar-refractivity contribution is -0.148. The van der Waals surface area contributed by atoms with Gasteiger partial charge in [-0.15, -0.1) is 0 Å². The molecule has 4 heteroatoms. The molecule has 0 spiro atoms. The molecule has 1 aromatic rings. The van der Waals surface area contributed by atoms with Gasteiger partial charge in [0.25, 0.3) is 0 Å². The Kier molecular flexibility index (Phi) is 3.52. The zero-order chi connectivity index (χ0) is 12.3. The number of hydrogen-bond acceptors (Lipinski definition) is 3. The number of hydrogen-bond donors (Lipinski definition) is 1. The van der Waals surface area contributed by atoms with Crippen LogP contribution in [0.1, 0.15) is 26.3 Å². The van der Waals surface area contributed by atoms with E-state index in [-0.39, 0.29) is 11.7 Å². The monoisotopic (exact) mass is 225 g/mol. The highest BCUT2D eigenvalue weighted by Crippen LogP contribution is 2.27. The number of rotatable bonds is 3. The van der Waals surface area contributed by atoms with Crippen LogP contribution in [0.3, 0.4) is 0 Å². The molecule has 0 fully saturated rings. The Hall–Kier alpha value is -1.58. The van der Waals surface area contributed by atoms with Gasteiger partial charge in [-0.2, -0.15) is 0 Å². The Bertz CT molecular complexity index is 402. The number of anilines is 1. The molecule has 0 aliphatic heterocycles. The minimum absolute atomic E-state index is 0.0726. The fourth-order valence-corrected chi connectivity index (χ4v) is 1.35. The van der Waals surface area contributed by atoms with Crippen LogP contribution in [0.25, 0.3) is 0 Å². The van der Waals surface area contributed by atoms with Crippen molar-refractivity contribution < 1.29 is 13.9 Å². The van der Waals surface area contributed by atoms with E-state index in [0.717, 1.165) is 0 Å². The first-order valence-corrected chi connectivity index (χ1v) is 5.12. The molecule has 3 nitrogen and oxygen atoms in total. The van der Waals surface area contributed by atoms with Crippen LogP contribution in [-0.2, 0) is 14.9 Å². The molecular weight excluding hydrogens is 209 g/mol. The van der Waals surface area contributed by atoms with Gasteiger partial charge in [-0.3, -0.25) is 4.79 Å². The van der Waals surface area contributed by atoms with E-state index in [1.54, 1.807) is 26.8 Å². The Balaban J connectivity index is 3.06. The second-order valence-corrected chi connectivity index (χ2v) is 4.08. The van der Waals surface area contributed by atoms with Crippen molar-refractivity contribution in [3.8, 4) is 0 Å². The molecule has 0 unspecified atom stereocenters. The minimum atomic E-state index is -0.870. The fourth-order valence-electron chi connectivity index (χ4n) is 1.35. The van der Waals surface area contributed by atoms with Gasteiger partial charge in [-0.25, -0.2) is 4.39 Å². The van der Waals surface area contributed by atoms with E-state index in [9.17, 15) is 9.18 Å².